The monoisotopic (exact) mass is 326 g/mol. The molecule has 6 nitrogen and oxygen atoms in total. The molecule has 4 N–H and O–H groups in total. The van der Waals surface area contributed by atoms with Crippen molar-refractivity contribution in [1.82, 2.24) is 9.97 Å². The maximum atomic E-state index is 11.5. The summed E-state index contributed by atoms with van der Waals surface area (Å²) >= 11 is 1.25. The second-order valence-electron chi connectivity index (χ2n) is 5.56. The Kier molecular flexibility index (Phi) is 3.16. The van der Waals surface area contributed by atoms with Crippen LogP contribution in [0.4, 0.5) is 5.95 Å². The van der Waals surface area contributed by atoms with Crippen molar-refractivity contribution in [2.75, 3.05) is 5.32 Å². The van der Waals surface area contributed by atoms with E-state index in [0.717, 1.165) is 23.8 Å². The highest BCUT2D eigenvalue weighted by Gasteiger charge is 2.23. The van der Waals surface area contributed by atoms with E-state index in [1.165, 1.54) is 11.3 Å². The molecule has 0 saturated heterocycles. The fourth-order valence-corrected chi connectivity index (χ4v) is 3.27. The number of thiophene rings is 1. The molecule has 23 heavy (non-hydrogen) atoms. The topological polar surface area (TPSA) is 101 Å². The van der Waals surface area contributed by atoms with Crippen molar-refractivity contribution in [3.63, 3.8) is 0 Å². The van der Waals surface area contributed by atoms with Gasteiger partial charge in [-0.2, -0.15) is 0 Å². The van der Waals surface area contributed by atoms with Crippen LogP contribution in [-0.2, 0) is 0 Å². The van der Waals surface area contributed by atoms with Crippen LogP contribution in [0.2, 0.25) is 0 Å². The first-order chi connectivity index (χ1) is 11.1. The van der Waals surface area contributed by atoms with E-state index in [9.17, 15) is 9.90 Å². The summed E-state index contributed by atoms with van der Waals surface area (Å²) in [7, 11) is 0. The molecule has 116 valence electrons. The number of benzene rings is 1. The largest absolute Gasteiger partial charge is 0.508 e. The number of carbonyl (C=O) groups excluding carboxylic acids is 1. The van der Waals surface area contributed by atoms with Crippen LogP contribution in [0.5, 0.6) is 5.75 Å². The number of anilines is 1. The minimum absolute atomic E-state index is 0.163. The summed E-state index contributed by atoms with van der Waals surface area (Å²) in [6.45, 7) is 0. The molecule has 0 aliphatic heterocycles. The van der Waals surface area contributed by atoms with Crippen molar-refractivity contribution >= 4 is 33.4 Å². The number of aromatic hydroxyl groups is 1. The zero-order valence-corrected chi connectivity index (χ0v) is 12.9. The third kappa shape index (κ3) is 2.70. The minimum atomic E-state index is -0.480. The van der Waals surface area contributed by atoms with Gasteiger partial charge in [-0.3, -0.25) is 4.79 Å². The summed E-state index contributed by atoms with van der Waals surface area (Å²) in [5, 5.41) is 13.8. The fourth-order valence-electron chi connectivity index (χ4n) is 2.39. The summed E-state index contributed by atoms with van der Waals surface area (Å²) in [5.41, 5.74) is 6.83. The number of carbonyl (C=O) groups is 1. The van der Waals surface area contributed by atoms with Crippen LogP contribution in [0, 0.1) is 0 Å². The summed E-state index contributed by atoms with van der Waals surface area (Å²) in [4.78, 5) is 21.7. The molecule has 1 amide bonds. The van der Waals surface area contributed by atoms with Crippen LogP contribution in [0.3, 0.4) is 0 Å². The van der Waals surface area contributed by atoms with Gasteiger partial charge in [0.25, 0.3) is 5.91 Å². The zero-order chi connectivity index (χ0) is 16.0. The number of amides is 1. The Morgan fingerprint density at radius 1 is 1.30 bits per heavy atom. The van der Waals surface area contributed by atoms with E-state index in [0.29, 0.717) is 27.4 Å². The molecule has 1 aliphatic rings. The molecular formula is C16H14N4O2S. The van der Waals surface area contributed by atoms with Crippen LogP contribution in [0.1, 0.15) is 22.5 Å². The molecule has 0 unspecified atom stereocenters. The lowest BCUT2D eigenvalue weighted by atomic mass is 10.1. The Bertz CT molecular complexity index is 918. The molecule has 0 atom stereocenters. The van der Waals surface area contributed by atoms with Crippen molar-refractivity contribution < 1.29 is 9.90 Å². The van der Waals surface area contributed by atoms with Crippen molar-refractivity contribution in [1.29, 1.82) is 0 Å². The van der Waals surface area contributed by atoms with Crippen molar-refractivity contribution in [2.24, 2.45) is 5.73 Å². The molecule has 1 fully saturated rings. The lowest BCUT2D eigenvalue weighted by molar-refractivity contribution is 0.100. The summed E-state index contributed by atoms with van der Waals surface area (Å²) in [5.74, 6) is 0.221. The third-order valence-electron chi connectivity index (χ3n) is 3.67. The molecule has 2 aromatic heterocycles. The van der Waals surface area contributed by atoms with E-state index >= 15 is 0 Å². The van der Waals surface area contributed by atoms with Crippen molar-refractivity contribution in [2.45, 2.75) is 18.9 Å². The lowest BCUT2D eigenvalue weighted by Crippen LogP contribution is -2.08. The molecule has 1 aliphatic carbocycles. The van der Waals surface area contributed by atoms with E-state index < -0.39 is 5.91 Å². The predicted molar refractivity (Wildman–Crippen MR) is 89.7 cm³/mol. The molecule has 0 spiro atoms. The van der Waals surface area contributed by atoms with E-state index in [-0.39, 0.29) is 5.75 Å². The highest BCUT2D eigenvalue weighted by Crippen LogP contribution is 2.34. The Morgan fingerprint density at radius 2 is 2.13 bits per heavy atom. The number of aromatic nitrogens is 2. The number of hydrogen-bond donors (Lipinski definition) is 3. The van der Waals surface area contributed by atoms with Gasteiger partial charge in [0.1, 0.15) is 10.6 Å². The van der Waals surface area contributed by atoms with E-state index in [1.54, 1.807) is 24.3 Å². The first-order valence-corrected chi connectivity index (χ1v) is 8.09. The molecular weight excluding hydrogens is 312 g/mol. The van der Waals surface area contributed by atoms with E-state index in [1.807, 2.05) is 6.07 Å². The van der Waals surface area contributed by atoms with Crippen molar-refractivity contribution in [3.8, 4) is 17.0 Å². The molecule has 3 aromatic rings. The normalized spacial score (nSPS) is 14.1. The molecule has 2 heterocycles. The van der Waals surface area contributed by atoms with Crippen LogP contribution in [0.25, 0.3) is 21.5 Å². The quantitative estimate of drug-likeness (QED) is 0.684. The van der Waals surface area contributed by atoms with Gasteiger partial charge in [0.05, 0.1) is 10.6 Å². The molecule has 0 bridgehead atoms. The average Bonchev–Trinajstić information content (AvgIpc) is 3.21. The summed E-state index contributed by atoms with van der Waals surface area (Å²) in [6.07, 6.45) is 2.22. The highest BCUT2D eigenvalue weighted by molar-refractivity contribution is 7.20. The van der Waals surface area contributed by atoms with Gasteiger partial charge in [-0.25, -0.2) is 9.97 Å². The number of primary amides is 1. The van der Waals surface area contributed by atoms with Gasteiger partial charge in [0.2, 0.25) is 5.95 Å². The molecule has 1 saturated carbocycles. The fraction of sp³-hybridized carbons (Fsp3) is 0.188. The van der Waals surface area contributed by atoms with Gasteiger partial charge in [-0.1, -0.05) is 12.1 Å². The Hall–Kier alpha value is -2.67. The maximum Gasteiger partial charge on any atom is 0.258 e. The summed E-state index contributed by atoms with van der Waals surface area (Å²) in [6, 6.07) is 9.00. The van der Waals surface area contributed by atoms with E-state index in [4.69, 9.17) is 5.73 Å². The highest BCUT2D eigenvalue weighted by atomic mass is 32.1. The van der Waals surface area contributed by atoms with E-state index in [2.05, 4.69) is 15.3 Å². The molecule has 1 aromatic carbocycles. The average molecular weight is 326 g/mol. The first-order valence-electron chi connectivity index (χ1n) is 7.27. The van der Waals surface area contributed by atoms with Gasteiger partial charge in [-0.05, 0) is 31.0 Å². The number of hydrogen-bond acceptors (Lipinski definition) is 6. The van der Waals surface area contributed by atoms with Crippen molar-refractivity contribution in [3.05, 3.63) is 35.2 Å². The van der Waals surface area contributed by atoms with Gasteiger partial charge in [-0.15, -0.1) is 11.3 Å². The number of rotatable bonds is 4. The number of nitrogens with one attached hydrogen (secondary N) is 1. The predicted octanol–water partition coefficient (Wildman–Crippen LogP) is 2.74. The maximum absolute atomic E-state index is 11.5. The molecule has 7 heteroatoms. The number of phenols is 1. The standard InChI is InChI=1S/C16H14N4O2S/c17-14(22)12-7-11-13(8-2-1-3-10(21)6-8)19-16(18-9-4-5-9)20-15(11)23-12/h1-3,6-7,9,21H,4-5H2,(H2,17,22)(H,18,19,20). The molecule has 0 radical (unpaired) electrons. The number of fused-ring (bicyclic) bond motifs is 1. The summed E-state index contributed by atoms with van der Waals surface area (Å²) < 4.78 is 0. The number of phenolic OH excluding ortho intramolecular Hbond substituents is 1. The molecule has 4 rings (SSSR count). The second kappa shape index (κ2) is 5.20. The zero-order valence-electron chi connectivity index (χ0n) is 12.1. The van der Waals surface area contributed by atoms with Gasteiger partial charge in [0.15, 0.2) is 0 Å². The lowest BCUT2D eigenvalue weighted by Gasteiger charge is -2.07. The second-order valence-corrected chi connectivity index (χ2v) is 6.59. The Labute approximate surface area is 136 Å². The number of nitrogens with two attached hydrogens (primary N) is 1. The SMILES string of the molecule is NC(=O)c1cc2c(-c3cccc(O)c3)nc(NC3CC3)nc2s1. The van der Waals surface area contributed by atoms with Crippen LogP contribution in [-0.4, -0.2) is 27.0 Å². The first kappa shape index (κ1) is 14.0. The third-order valence-corrected chi connectivity index (χ3v) is 4.71. The minimum Gasteiger partial charge on any atom is -0.508 e. The van der Waals surface area contributed by atoms with Gasteiger partial charge < -0.3 is 16.2 Å². The Morgan fingerprint density at radius 3 is 2.83 bits per heavy atom. The van der Waals surface area contributed by atoms with Crippen LogP contribution >= 0.6 is 11.3 Å². The van der Waals surface area contributed by atoms with Gasteiger partial charge in [0, 0.05) is 17.0 Å². The van der Waals surface area contributed by atoms with Crippen LogP contribution in [0.15, 0.2) is 30.3 Å². The van der Waals surface area contributed by atoms with Crippen LogP contribution < -0.4 is 11.1 Å². The number of nitrogens with zero attached hydrogens (tertiary/aromatic N) is 2. The smallest absolute Gasteiger partial charge is 0.258 e. The van der Waals surface area contributed by atoms with Gasteiger partial charge >= 0.3 is 0 Å². The Balaban J connectivity index is 1.92.